The smallest absolute Gasteiger partial charge is 0.328 e. The number of hydrogen-bond acceptors (Lipinski definition) is 8. The molecule has 0 aliphatic carbocycles. The lowest BCUT2D eigenvalue weighted by molar-refractivity contribution is -0.385. The minimum absolute atomic E-state index is 0.134. The third kappa shape index (κ3) is 2.47. The summed E-state index contributed by atoms with van der Waals surface area (Å²) in [6, 6.07) is 5.18. The second kappa shape index (κ2) is 5.53. The number of nitrogens with one attached hydrogen (secondary N) is 2. The standard InChI is InChI=1S/C14H9N5O6/c15-4-6-9(5-1-2-8(20)7(3-5)19(23)24)10-12(21)17-14(22)18-13(10)25-11(6)16/h1-3,9,20H,16H2,(H2,17,18,21,22). The van der Waals surface area contributed by atoms with E-state index in [1.54, 1.807) is 6.07 Å². The fraction of sp³-hybridized carbons (Fsp3) is 0.0714. The molecule has 25 heavy (non-hydrogen) atoms. The van der Waals surface area contributed by atoms with Crippen molar-refractivity contribution in [3.8, 4) is 17.7 Å². The lowest BCUT2D eigenvalue weighted by Gasteiger charge is -2.24. The summed E-state index contributed by atoms with van der Waals surface area (Å²) in [5, 5.41) is 30.0. The number of fused-ring (bicyclic) bond motifs is 1. The van der Waals surface area contributed by atoms with Gasteiger partial charge in [0, 0.05) is 6.07 Å². The maximum absolute atomic E-state index is 12.2. The molecule has 3 rings (SSSR count). The fourth-order valence-corrected chi connectivity index (χ4v) is 2.59. The maximum Gasteiger partial charge on any atom is 0.328 e. The van der Waals surface area contributed by atoms with Crippen molar-refractivity contribution in [1.29, 1.82) is 5.26 Å². The van der Waals surface area contributed by atoms with Crippen molar-refractivity contribution < 1.29 is 14.8 Å². The first kappa shape index (κ1) is 15.8. The number of rotatable bonds is 2. The Hall–Kier alpha value is -4.07. The zero-order chi connectivity index (χ0) is 18.3. The quantitative estimate of drug-likeness (QED) is 0.429. The van der Waals surface area contributed by atoms with Gasteiger partial charge in [-0.3, -0.25) is 24.9 Å². The van der Waals surface area contributed by atoms with Crippen molar-refractivity contribution in [2.24, 2.45) is 5.73 Å². The van der Waals surface area contributed by atoms with E-state index >= 15 is 0 Å². The van der Waals surface area contributed by atoms with Crippen LogP contribution in [0, 0.1) is 21.4 Å². The van der Waals surface area contributed by atoms with E-state index < -0.39 is 33.5 Å². The number of aromatic hydroxyl groups is 1. The fourth-order valence-electron chi connectivity index (χ4n) is 2.59. The summed E-state index contributed by atoms with van der Waals surface area (Å²) in [5.41, 5.74) is 3.24. The van der Waals surface area contributed by atoms with E-state index in [4.69, 9.17) is 10.5 Å². The van der Waals surface area contributed by atoms with Crippen LogP contribution in [-0.4, -0.2) is 20.0 Å². The molecule has 11 heteroatoms. The number of nitro groups is 1. The van der Waals surface area contributed by atoms with Crippen molar-refractivity contribution in [2.75, 3.05) is 0 Å². The van der Waals surface area contributed by atoms with Crippen LogP contribution in [0.1, 0.15) is 17.0 Å². The molecule has 1 aromatic heterocycles. The van der Waals surface area contributed by atoms with E-state index in [1.807, 2.05) is 4.98 Å². The Morgan fingerprint density at radius 1 is 1.36 bits per heavy atom. The molecule has 1 atom stereocenters. The first-order chi connectivity index (χ1) is 11.8. The number of phenols is 1. The highest BCUT2D eigenvalue weighted by Gasteiger charge is 2.35. The summed E-state index contributed by atoms with van der Waals surface area (Å²) < 4.78 is 5.13. The lowest BCUT2D eigenvalue weighted by Crippen LogP contribution is -2.33. The molecule has 0 bridgehead atoms. The van der Waals surface area contributed by atoms with Crippen molar-refractivity contribution in [3.63, 3.8) is 0 Å². The Morgan fingerprint density at radius 3 is 2.72 bits per heavy atom. The van der Waals surface area contributed by atoms with Crippen LogP contribution < -0.4 is 21.7 Å². The van der Waals surface area contributed by atoms with Crippen LogP contribution in [-0.2, 0) is 0 Å². The van der Waals surface area contributed by atoms with E-state index in [9.17, 15) is 30.1 Å². The first-order valence-corrected chi connectivity index (χ1v) is 6.75. The first-order valence-electron chi connectivity index (χ1n) is 6.75. The number of nitrogens with zero attached hydrogens (tertiary/aromatic N) is 2. The predicted octanol–water partition coefficient (Wildman–Crippen LogP) is -0.105. The predicted molar refractivity (Wildman–Crippen MR) is 81.7 cm³/mol. The van der Waals surface area contributed by atoms with Gasteiger partial charge in [-0.1, -0.05) is 6.07 Å². The molecule has 0 saturated carbocycles. The Kier molecular flexibility index (Phi) is 3.50. The van der Waals surface area contributed by atoms with Crippen LogP contribution in [0.5, 0.6) is 11.6 Å². The number of hydrogen-bond donors (Lipinski definition) is 4. The molecule has 5 N–H and O–H groups in total. The maximum atomic E-state index is 12.2. The Morgan fingerprint density at radius 2 is 2.08 bits per heavy atom. The van der Waals surface area contributed by atoms with Crippen LogP contribution in [0.2, 0.25) is 0 Å². The van der Waals surface area contributed by atoms with Crippen LogP contribution in [0.25, 0.3) is 0 Å². The summed E-state index contributed by atoms with van der Waals surface area (Å²) >= 11 is 0. The highest BCUT2D eigenvalue weighted by Crippen LogP contribution is 2.40. The van der Waals surface area contributed by atoms with Gasteiger partial charge in [0.15, 0.2) is 5.75 Å². The number of phenolic OH excluding ortho intramolecular Hbond substituents is 1. The van der Waals surface area contributed by atoms with E-state index in [0.29, 0.717) is 0 Å². The third-order valence-corrected chi connectivity index (χ3v) is 3.65. The molecule has 2 aromatic rings. The second-order valence-electron chi connectivity index (χ2n) is 5.08. The third-order valence-electron chi connectivity index (χ3n) is 3.65. The van der Waals surface area contributed by atoms with Crippen LogP contribution in [0.15, 0.2) is 39.2 Å². The Bertz CT molecular complexity index is 1090. The number of nitriles is 1. The number of nitro benzene ring substituents is 1. The van der Waals surface area contributed by atoms with Gasteiger partial charge in [0.05, 0.1) is 16.4 Å². The van der Waals surface area contributed by atoms with Gasteiger partial charge in [-0.2, -0.15) is 5.26 Å². The molecule has 1 aliphatic rings. The minimum Gasteiger partial charge on any atom is -0.502 e. The van der Waals surface area contributed by atoms with Gasteiger partial charge in [-0.15, -0.1) is 0 Å². The Labute approximate surface area is 137 Å². The topological polar surface area (TPSA) is 188 Å². The van der Waals surface area contributed by atoms with Gasteiger partial charge < -0.3 is 15.6 Å². The number of allylic oxidation sites excluding steroid dienone is 1. The molecule has 0 spiro atoms. The van der Waals surface area contributed by atoms with Crippen molar-refractivity contribution in [1.82, 2.24) is 9.97 Å². The molecule has 0 fully saturated rings. The van der Waals surface area contributed by atoms with E-state index in [1.165, 1.54) is 6.07 Å². The molecule has 126 valence electrons. The van der Waals surface area contributed by atoms with Gasteiger partial charge in [0.1, 0.15) is 11.6 Å². The SMILES string of the molecule is N#CC1=C(N)Oc2[nH]c(=O)[nH]c(=O)c2C1c1ccc(O)c([N+](=O)[O-])c1. The van der Waals surface area contributed by atoms with E-state index in [2.05, 4.69) is 4.98 Å². The van der Waals surface area contributed by atoms with Crippen molar-refractivity contribution >= 4 is 5.69 Å². The van der Waals surface area contributed by atoms with Crippen molar-refractivity contribution in [2.45, 2.75) is 5.92 Å². The van der Waals surface area contributed by atoms with Crippen LogP contribution in [0.4, 0.5) is 5.69 Å². The highest BCUT2D eigenvalue weighted by atomic mass is 16.6. The zero-order valence-corrected chi connectivity index (χ0v) is 12.3. The van der Waals surface area contributed by atoms with E-state index in [0.717, 1.165) is 12.1 Å². The molecule has 0 radical (unpaired) electrons. The largest absolute Gasteiger partial charge is 0.502 e. The van der Waals surface area contributed by atoms with Gasteiger partial charge in [-0.25, -0.2) is 4.79 Å². The summed E-state index contributed by atoms with van der Waals surface area (Å²) in [4.78, 5) is 38.1. The molecule has 0 saturated heterocycles. The number of H-pyrrole nitrogens is 2. The molecule has 1 aromatic carbocycles. The Balaban J connectivity index is 2.34. The zero-order valence-electron chi connectivity index (χ0n) is 12.3. The number of nitrogens with two attached hydrogens (primary N) is 1. The highest BCUT2D eigenvalue weighted by molar-refractivity contribution is 5.57. The van der Waals surface area contributed by atoms with Crippen molar-refractivity contribution in [3.05, 3.63) is 71.7 Å². The second-order valence-corrected chi connectivity index (χ2v) is 5.08. The number of aromatic nitrogens is 2. The van der Waals surface area contributed by atoms with Crippen LogP contribution in [0.3, 0.4) is 0 Å². The normalized spacial score (nSPS) is 15.9. The average molecular weight is 343 g/mol. The van der Waals surface area contributed by atoms with E-state index in [-0.39, 0.29) is 28.5 Å². The summed E-state index contributed by atoms with van der Waals surface area (Å²) in [6.45, 7) is 0. The average Bonchev–Trinajstić information content (AvgIpc) is 2.53. The summed E-state index contributed by atoms with van der Waals surface area (Å²) in [7, 11) is 0. The number of aromatic amines is 2. The molecular formula is C14H9N5O6. The van der Waals surface area contributed by atoms with Gasteiger partial charge in [-0.05, 0) is 11.6 Å². The monoisotopic (exact) mass is 343 g/mol. The van der Waals surface area contributed by atoms with Gasteiger partial charge in [0.25, 0.3) is 5.56 Å². The number of benzene rings is 1. The number of ether oxygens (including phenoxy) is 1. The minimum atomic E-state index is -1.12. The molecule has 0 amide bonds. The van der Waals surface area contributed by atoms with Gasteiger partial charge in [0.2, 0.25) is 11.8 Å². The molecule has 2 heterocycles. The molecule has 11 nitrogen and oxygen atoms in total. The molecule has 1 unspecified atom stereocenters. The molecule has 1 aliphatic heterocycles. The lowest BCUT2D eigenvalue weighted by atomic mass is 9.85. The van der Waals surface area contributed by atoms with Crippen LogP contribution >= 0.6 is 0 Å². The van der Waals surface area contributed by atoms with Gasteiger partial charge >= 0.3 is 11.4 Å². The summed E-state index contributed by atoms with van der Waals surface area (Å²) in [6.07, 6.45) is 0. The molecular weight excluding hydrogens is 334 g/mol. The summed E-state index contributed by atoms with van der Waals surface area (Å²) in [5.74, 6) is -2.30.